The Bertz CT molecular complexity index is 327. The lowest BCUT2D eigenvalue weighted by atomic mass is 10.0. The molecule has 0 amide bonds. The van der Waals surface area contributed by atoms with E-state index in [4.69, 9.17) is 5.73 Å². The Morgan fingerprint density at radius 3 is 2.57 bits per heavy atom. The Balaban J connectivity index is 2.22. The number of hydrogen-bond acceptors (Lipinski definition) is 2. The fourth-order valence-electron chi connectivity index (χ4n) is 2.51. The van der Waals surface area contributed by atoms with Gasteiger partial charge in [-0.25, -0.2) is 0 Å². The van der Waals surface area contributed by atoms with Crippen molar-refractivity contribution >= 4 is 0 Å². The van der Waals surface area contributed by atoms with Gasteiger partial charge in [0.05, 0.1) is 0 Å². The molecule has 14 heavy (non-hydrogen) atoms. The summed E-state index contributed by atoms with van der Waals surface area (Å²) in [7, 11) is 0. The lowest BCUT2D eigenvalue weighted by Gasteiger charge is -2.02. The first kappa shape index (κ1) is 9.66. The highest BCUT2D eigenvalue weighted by molar-refractivity contribution is 5.30. The number of hydrogen-bond donors (Lipinski definition) is 1. The normalized spacial score (nSPS) is 28.9. The molecule has 2 N–H and O–H groups in total. The Morgan fingerprint density at radius 1 is 1.43 bits per heavy atom. The van der Waals surface area contributed by atoms with Crippen LogP contribution in [-0.4, -0.2) is 11.5 Å². The van der Waals surface area contributed by atoms with Crippen LogP contribution in [0.15, 0.2) is 18.3 Å². The number of nitrogens with zero attached hydrogens (tertiary/aromatic N) is 1. The number of aromatic nitrogens is 1. The monoisotopic (exact) mass is 190 g/mol. The Hall–Kier alpha value is -0.890. The highest BCUT2D eigenvalue weighted by atomic mass is 14.7. The van der Waals surface area contributed by atoms with Gasteiger partial charge in [-0.05, 0) is 42.3 Å². The van der Waals surface area contributed by atoms with Gasteiger partial charge in [0.1, 0.15) is 0 Å². The van der Waals surface area contributed by atoms with Gasteiger partial charge in [0.2, 0.25) is 0 Å². The molecule has 2 atom stereocenters. The Labute approximate surface area is 85.5 Å². The van der Waals surface area contributed by atoms with Crippen LogP contribution in [0.2, 0.25) is 0 Å². The van der Waals surface area contributed by atoms with E-state index < -0.39 is 0 Å². The van der Waals surface area contributed by atoms with Crippen LogP contribution in [0.1, 0.15) is 31.0 Å². The molecule has 0 radical (unpaired) electrons. The molecule has 0 aliphatic heterocycles. The van der Waals surface area contributed by atoms with Crippen molar-refractivity contribution < 1.29 is 0 Å². The van der Waals surface area contributed by atoms with Crippen molar-refractivity contribution in [3.05, 3.63) is 29.6 Å². The topological polar surface area (TPSA) is 38.9 Å². The van der Waals surface area contributed by atoms with Crippen LogP contribution >= 0.6 is 0 Å². The molecule has 1 aliphatic rings. The molecule has 0 saturated heterocycles. The van der Waals surface area contributed by atoms with E-state index >= 15 is 0 Å². The summed E-state index contributed by atoms with van der Waals surface area (Å²) in [6.07, 6.45) is 2.00. The van der Waals surface area contributed by atoms with E-state index in [2.05, 4.69) is 31.0 Å². The summed E-state index contributed by atoms with van der Waals surface area (Å²) in [6, 6.07) is 4.27. The van der Waals surface area contributed by atoms with Crippen molar-refractivity contribution in [2.75, 3.05) is 6.54 Å². The third-order valence-corrected chi connectivity index (χ3v) is 3.60. The van der Waals surface area contributed by atoms with Crippen LogP contribution in [0, 0.1) is 18.3 Å². The molecule has 0 spiro atoms. The highest BCUT2D eigenvalue weighted by Gasteiger charge is 2.57. The minimum absolute atomic E-state index is 0.367. The van der Waals surface area contributed by atoms with Gasteiger partial charge in [0, 0.05) is 11.9 Å². The van der Waals surface area contributed by atoms with Crippen LogP contribution in [0.5, 0.6) is 0 Å². The molecule has 0 bridgehead atoms. The van der Waals surface area contributed by atoms with Crippen molar-refractivity contribution in [2.24, 2.45) is 17.1 Å². The molecule has 2 heteroatoms. The molecule has 0 unspecified atom stereocenters. The summed E-state index contributed by atoms with van der Waals surface area (Å²) in [5.74, 6) is 1.24. The van der Waals surface area contributed by atoms with E-state index in [0.29, 0.717) is 17.3 Å². The van der Waals surface area contributed by atoms with Gasteiger partial charge >= 0.3 is 0 Å². The van der Waals surface area contributed by atoms with E-state index in [0.717, 1.165) is 12.2 Å². The van der Waals surface area contributed by atoms with Crippen molar-refractivity contribution in [3.63, 3.8) is 0 Å². The van der Waals surface area contributed by atoms with Gasteiger partial charge in [-0.1, -0.05) is 19.9 Å². The summed E-state index contributed by atoms with van der Waals surface area (Å²) in [4.78, 5) is 4.33. The second kappa shape index (κ2) is 3.06. The molecule has 1 heterocycles. The fourth-order valence-corrected chi connectivity index (χ4v) is 2.51. The third-order valence-electron chi connectivity index (χ3n) is 3.60. The lowest BCUT2D eigenvalue weighted by molar-refractivity contribution is 0.558. The standard InChI is InChI=1S/C12H18N2/c1-8-4-5-9(7-14-8)11-10(6-13)12(11,2)3/h4-5,7,10-11H,6,13H2,1-3H3/t10-,11-/m1/s1. The fraction of sp³-hybridized carbons (Fsp3) is 0.583. The van der Waals surface area contributed by atoms with Crippen LogP contribution in [0.3, 0.4) is 0 Å². The zero-order valence-electron chi connectivity index (χ0n) is 9.12. The molecule has 76 valence electrons. The number of pyridine rings is 1. The van der Waals surface area contributed by atoms with E-state index in [9.17, 15) is 0 Å². The van der Waals surface area contributed by atoms with E-state index in [1.54, 1.807) is 0 Å². The maximum atomic E-state index is 5.75. The number of rotatable bonds is 2. The average molecular weight is 190 g/mol. The first-order valence-electron chi connectivity index (χ1n) is 5.20. The summed E-state index contributed by atoms with van der Waals surface area (Å²) < 4.78 is 0. The van der Waals surface area contributed by atoms with Crippen LogP contribution in [0.25, 0.3) is 0 Å². The zero-order valence-corrected chi connectivity index (χ0v) is 9.12. The van der Waals surface area contributed by atoms with E-state index in [1.165, 1.54) is 5.56 Å². The molecule has 2 rings (SSSR count). The Kier molecular flexibility index (Phi) is 2.11. The second-order valence-electron chi connectivity index (χ2n) is 4.87. The predicted octanol–water partition coefficient (Wildman–Crippen LogP) is 2.09. The minimum atomic E-state index is 0.367. The van der Waals surface area contributed by atoms with Crippen molar-refractivity contribution in [2.45, 2.75) is 26.7 Å². The second-order valence-corrected chi connectivity index (χ2v) is 4.87. The van der Waals surface area contributed by atoms with Crippen LogP contribution in [-0.2, 0) is 0 Å². The largest absolute Gasteiger partial charge is 0.330 e. The van der Waals surface area contributed by atoms with Crippen LogP contribution < -0.4 is 5.73 Å². The number of aryl methyl sites for hydroxylation is 1. The van der Waals surface area contributed by atoms with Crippen molar-refractivity contribution in [3.8, 4) is 0 Å². The zero-order chi connectivity index (χ0) is 10.3. The van der Waals surface area contributed by atoms with Gasteiger partial charge in [-0.15, -0.1) is 0 Å². The molecule has 1 saturated carbocycles. The molecule has 1 aromatic heterocycles. The van der Waals surface area contributed by atoms with E-state index in [-0.39, 0.29) is 0 Å². The molecular formula is C12H18N2. The van der Waals surface area contributed by atoms with Gasteiger partial charge in [0.15, 0.2) is 0 Å². The first-order valence-corrected chi connectivity index (χ1v) is 5.20. The SMILES string of the molecule is Cc1ccc([C@@H]2[C@@H](CN)C2(C)C)cn1. The molecule has 0 aromatic carbocycles. The van der Waals surface area contributed by atoms with Gasteiger partial charge in [-0.2, -0.15) is 0 Å². The molecule has 1 aliphatic carbocycles. The average Bonchev–Trinajstić information content (AvgIpc) is 2.69. The summed E-state index contributed by atoms with van der Waals surface area (Å²) >= 11 is 0. The van der Waals surface area contributed by atoms with Gasteiger partial charge in [0.25, 0.3) is 0 Å². The minimum Gasteiger partial charge on any atom is -0.330 e. The third kappa shape index (κ3) is 1.34. The molecule has 1 aromatic rings. The van der Waals surface area contributed by atoms with Crippen LogP contribution in [0.4, 0.5) is 0 Å². The number of nitrogens with two attached hydrogens (primary N) is 1. The highest BCUT2D eigenvalue weighted by Crippen LogP contribution is 2.63. The quantitative estimate of drug-likeness (QED) is 0.775. The van der Waals surface area contributed by atoms with E-state index in [1.807, 2.05) is 13.1 Å². The van der Waals surface area contributed by atoms with Crippen molar-refractivity contribution in [1.82, 2.24) is 4.98 Å². The van der Waals surface area contributed by atoms with Gasteiger partial charge < -0.3 is 5.73 Å². The Morgan fingerprint density at radius 2 is 2.14 bits per heavy atom. The smallest absolute Gasteiger partial charge is 0.0372 e. The van der Waals surface area contributed by atoms with Crippen molar-refractivity contribution in [1.29, 1.82) is 0 Å². The van der Waals surface area contributed by atoms with Gasteiger partial charge in [-0.3, -0.25) is 4.98 Å². The maximum absolute atomic E-state index is 5.75. The molecule has 1 fully saturated rings. The molecule has 2 nitrogen and oxygen atoms in total. The molecular weight excluding hydrogens is 172 g/mol. The first-order chi connectivity index (χ1) is 6.57. The summed E-state index contributed by atoms with van der Waals surface area (Å²) in [5, 5.41) is 0. The maximum Gasteiger partial charge on any atom is 0.0372 e. The predicted molar refractivity (Wildman–Crippen MR) is 58.0 cm³/mol. The summed E-state index contributed by atoms with van der Waals surface area (Å²) in [5.41, 5.74) is 8.54. The lowest BCUT2D eigenvalue weighted by Crippen LogP contribution is -2.05. The summed E-state index contributed by atoms with van der Waals surface area (Å²) in [6.45, 7) is 7.37.